The van der Waals surface area contributed by atoms with Gasteiger partial charge in [0.1, 0.15) is 5.82 Å². The van der Waals surface area contributed by atoms with Gasteiger partial charge in [-0.05, 0) is 36.5 Å². The predicted octanol–water partition coefficient (Wildman–Crippen LogP) is 5.66. The van der Waals surface area contributed by atoms with Crippen LogP contribution in [0.3, 0.4) is 0 Å². The summed E-state index contributed by atoms with van der Waals surface area (Å²) in [6.07, 6.45) is 7.55. The second-order valence-electron chi connectivity index (χ2n) is 4.58. The summed E-state index contributed by atoms with van der Waals surface area (Å²) in [6.45, 7) is 2.23. The average molecular weight is 301 g/mol. The van der Waals surface area contributed by atoms with Gasteiger partial charge in [0, 0.05) is 5.33 Å². The second kappa shape index (κ2) is 8.68. The summed E-state index contributed by atoms with van der Waals surface area (Å²) < 4.78 is 12.9. The lowest BCUT2D eigenvalue weighted by Gasteiger charge is -2.16. The monoisotopic (exact) mass is 300 g/mol. The fourth-order valence-corrected chi connectivity index (χ4v) is 2.71. The Morgan fingerprint density at radius 2 is 1.76 bits per heavy atom. The lowest BCUT2D eigenvalue weighted by Crippen LogP contribution is -2.00. The number of rotatable bonds is 8. The topological polar surface area (TPSA) is 0 Å². The smallest absolute Gasteiger partial charge is 0.123 e. The highest BCUT2D eigenvalue weighted by atomic mass is 79.9. The lowest BCUT2D eigenvalue weighted by molar-refractivity contribution is 0.544. The van der Waals surface area contributed by atoms with Crippen molar-refractivity contribution in [3.63, 3.8) is 0 Å². The Morgan fingerprint density at radius 3 is 2.35 bits per heavy atom. The molecule has 0 radical (unpaired) electrons. The zero-order chi connectivity index (χ0) is 12.5. The summed E-state index contributed by atoms with van der Waals surface area (Å²) in [6, 6.07) is 7.01. The zero-order valence-corrected chi connectivity index (χ0v) is 12.2. The number of unbranched alkanes of at least 4 members (excludes halogenated alkanes) is 3. The van der Waals surface area contributed by atoms with Crippen molar-refractivity contribution in [2.45, 2.75) is 51.4 Å². The standard InChI is InChI=1S/C15H22BrF/c1-2-3-4-5-6-13(11-12-16)14-7-9-15(17)10-8-14/h7-10,13H,2-6,11-12H2,1H3. The summed E-state index contributed by atoms with van der Waals surface area (Å²) in [5, 5.41) is 1.02. The molecule has 0 aliphatic heterocycles. The molecule has 1 unspecified atom stereocenters. The molecule has 1 aromatic rings. The summed E-state index contributed by atoms with van der Waals surface area (Å²) in [4.78, 5) is 0. The summed E-state index contributed by atoms with van der Waals surface area (Å²) in [7, 11) is 0. The molecule has 0 amide bonds. The highest BCUT2D eigenvalue weighted by molar-refractivity contribution is 9.09. The van der Waals surface area contributed by atoms with Crippen LogP contribution in [0.1, 0.15) is 56.9 Å². The normalized spacial score (nSPS) is 12.6. The van der Waals surface area contributed by atoms with Crippen LogP contribution in [0.4, 0.5) is 4.39 Å². The minimum absolute atomic E-state index is 0.141. The van der Waals surface area contributed by atoms with Gasteiger partial charge in [-0.2, -0.15) is 0 Å². The van der Waals surface area contributed by atoms with E-state index in [9.17, 15) is 4.39 Å². The van der Waals surface area contributed by atoms with E-state index in [0.717, 1.165) is 11.8 Å². The number of halogens is 2. The largest absolute Gasteiger partial charge is 0.207 e. The first-order valence-corrected chi connectivity index (χ1v) is 7.71. The number of hydrogen-bond acceptors (Lipinski definition) is 0. The molecule has 0 saturated heterocycles. The highest BCUT2D eigenvalue weighted by Crippen LogP contribution is 2.27. The van der Waals surface area contributed by atoms with Crippen molar-refractivity contribution in [1.82, 2.24) is 0 Å². The third kappa shape index (κ3) is 5.67. The Morgan fingerprint density at radius 1 is 1.06 bits per heavy atom. The van der Waals surface area contributed by atoms with E-state index < -0.39 is 0 Å². The molecule has 1 atom stereocenters. The number of alkyl halides is 1. The Kier molecular flexibility index (Phi) is 7.50. The first kappa shape index (κ1) is 14.7. The fourth-order valence-electron chi connectivity index (χ4n) is 2.16. The maximum absolute atomic E-state index is 12.9. The van der Waals surface area contributed by atoms with E-state index in [2.05, 4.69) is 22.9 Å². The second-order valence-corrected chi connectivity index (χ2v) is 5.37. The Balaban J connectivity index is 2.49. The minimum Gasteiger partial charge on any atom is -0.207 e. The number of benzene rings is 1. The average Bonchev–Trinajstić information content (AvgIpc) is 2.34. The first-order valence-electron chi connectivity index (χ1n) is 6.59. The fraction of sp³-hybridized carbons (Fsp3) is 0.600. The van der Waals surface area contributed by atoms with E-state index in [1.54, 1.807) is 12.1 Å². The van der Waals surface area contributed by atoms with Crippen molar-refractivity contribution in [3.05, 3.63) is 35.6 Å². The van der Waals surface area contributed by atoms with Crippen LogP contribution in [-0.4, -0.2) is 5.33 Å². The molecule has 0 fully saturated rings. The van der Waals surface area contributed by atoms with Gasteiger partial charge in [-0.1, -0.05) is 60.7 Å². The quantitative estimate of drug-likeness (QED) is 0.429. The van der Waals surface area contributed by atoms with Gasteiger partial charge in [0.25, 0.3) is 0 Å². The van der Waals surface area contributed by atoms with Crippen molar-refractivity contribution in [1.29, 1.82) is 0 Å². The van der Waals surface area contributed by atoms with E-state index in [1.165, 1.54) is 37.7 Å². The third-order valence-electron chi connectivity index (χ3n) is 3.21. The van der Waals surface area contributed by atoms with Gasteiger partial charge in [-0.25, -0.2) is 4.39 Å². The van der Waals surface area contributed by atoms with Crippen molar-refractivity contribution in [3.8, 4) is 0 Å². The van der Waals surface area contributed by atoms with E-state index in [0.29, 0.717) is 5.92 Å². The summed E-state index contributed by atoms with van der Waals surface area (Å²) in [5.74, 6) is 0.434. The molecule has 0 spiro atoms. The molecule has 0 saturated carbocycles. The predicted molar refractivity (Wildman–Crippen MR) is 76.3 cm³/mol. The highest BCUT2D eigenvalue weighted by Gasteiger charge is 2.10. The number of hydrogen-bond donors (Lipinski definition) is 0. The SMILES string of the molecule is CCCCCCC(CCBr)c1ccc(F)cc1. The molecule has 0 heterocycles. The van der Waals surface area contributed by atoms with Crippen molar-refractivity contribution in [2.75, 3.05) is 5.33 Å². The molecule has 0 aromatic heterocycles. The van der Waals surface area contributed by atoms with Gasteiger partial charge in [-0.3, -0.25) is 0 Å². The van der Waals surface area contributed by atoms with Gasteiger partial charge in [0.15, 0.2) is 0 Å². The summed E-state index contributed by atoms with van der Waals surface area (Å²) in [5.41, 5.74) is 1.28. The molecule has 96 valence electrons. The molecule has 1 aromatic carbocycles. The molecule has 0 aliphatic carbocycles. The maximum atomic E-state index is 12.9. The van der Waals surface area contributed by atoms with Crippen LogP contribution in [0, 0.1) is 5.82 Å². The lowest BCUT2D eigenvalue weighted by atomic mass is 9.91. The molecule has 17 heavy (non-hydrogen) atoms. The first-order chi connectivity index (χ1) is 8.27. The van der Waals surface area contributed by atoms with Gasteiger partial charge >= 0.3 is 0 Å². The molecule has 0 aliphatic rings. The van der Waals surface area contributed by atoms with E-state index >= 15 is 0 Å². The van der Waals surface area contributed by atoms with Gasteiger partial charge in [0.2, 0.25) is 0 Å². The maximum Gasteiger partial charge on any atom is 0.123 e. The molecule has 0 nitrogen and oxygen atoms in total. The van der Waals surface area contributed by atoms with Gasteiger partial charge < -0.3 is 0 Å². The van der Waals surface area contributed by atoms with Crippen LogP contribution in [0.5, 0.6) is 0 Å². The van der Waals surface area contributed by atoms with Gasteiger partial charge in [-0.15, -0.1) is 0 Å². The molecule has 0 N–H and O–H groups in total. The van der Waals surface area contributed by atoms with Crippen LogP contribution in [0.25, 0.3) is 0 Å². The molecule has 1 rings (SSSR count). The van der Waals surface area contributed by atoms with E-state index in [1.807, 2.05) is 12.1 Å². The zero-order valence-electron chi connectivity index (χ0n) is 10.6. The molecular formula is C15H22BrF. The van der Waals surface area contributed by atoms with Crippen LogP contribution < -0.4 is 0 Å². The van der Waals surface area contributed by atoms with Crippen LogP contribution >= 0.6 is 15.9 Å². The Labute approximate surface area is 113 Å². The van der Waals surface area contributed by atoms with Crippen molar-refractivity contribution < 1.29 is 4.39 Å². The molecule has 0 bridgehead atoms. The Bertz CT molecular complexity index is 294. The molecular weight excluding hydrogens is 279 g/mol. The third-order valence-corrected chi connectivity index (χ3v) is 3.66. The molecule has 2 heteroatoms. The Hall–Kier alpha value is -0.370. The van der Waals surface area contributed by atoms with Crippen LogP contribution in [-0.2, 0) is 0 Å². The van der Waals surface area contributed by atoms with Crippen molar-refractivity contribution >= 4 is 15.9 Å². The van der Waals surface area contributed by atoms with Gasteiger partial charge in [0.05, 0.1) is 0 Å². The summed E-state index contributed by atoms with van der Waals surface area (Å²) >= 11 is 3.51. The minimum atomic E-state index is -0.141. The van der Waals surface area contributed by atoms with Crippen molar-refractivity contribution in [2.24, 2.45) is 0 Å². The van der Waals surface area contributed by atoms with Crippen LogP contribution in [0.2, 0.25) is 0 Å². The van der Waals surface area contributed by atoms with E-state index in [-0.39, 0.29) is 5.82 Å². The van der Waals surface area contributed by atoms with E-state index in [4.69, 9.17) is 0 Å². The van der Waals surface area contributed by atoms with Crippen LogP contribution in [0.15, 0.2) is 24.3 Å².